The number of likely N-dealkylation sites (tertiary alicyclic amines) is 1. The van der Waals surface area contributed by atoms with E-state index in [9.17, 15) is 14.7 Å². The Morgan fingerprint density at radius 2 is 2.18 bits per heavy atom. The quantitative estimate of drug-likeness (QED) is 0.907. The van der Waals surface area contributed by atoms with Crippen molar-refractivity contribution in [3.05, 3.63) is 29.8 Å². The third kappa shape index (κ3) is 3.40. The summed E-state index contributed by atoms with van der Waals surface area (Å²) < 4.78 is 5.20. The van der Waals surface area contributed by atoms with Gasteiger partial charge in [-0.15, -0.1) is 0 Å². The molecule has 1 N–H and O–H groups in total. The first-order chi connectivity index (χ1) is 10.4. The van der Waals surface area contributed by atoms with E-state index < -0.39 is 11.4 Å². The molecule has 5 nitrogen and oxygen atoms in total. The van der Waals surface area contributed by atoms with Crippen LogP contribution in [0.2, 0.25) is 0 Å². The SMILES string of the molecule is COc1cccc([C@H](C)CC(=O)N2CC[C@](C)(C(=O)O)C2)c1. The van der Waals surface area contributed by atoms with Gasteiger partial charge in [0.15, 0.2) is 0 Å². The molecular formula is C17H23NO4. The second kappa shape index (κ2) is 6.38. The van der Waals surface area contributed by atoms with E-state index in [-0.39, 0.29) is 11.8 Å². The lowest BCUT2D eigenvalue weighted by molar-refractivity contribution is -0.147. The Hall–Kier alpha value is -2.04. The summed E-state index contributed by atoms with van der Waals surface area (Å²) in [6.07, 6.45) is 0.893. The third-order valence-electron chi connectivity index (χ3n) is 4.49. The number of ether oxygens (including phenoxy) is 1. The first kappa shape index (κ1) is 16.3. The van der Waals surface area contributed by atoms with Gasteiger partial charge in [0.25, 0.3) is 0 Å². The molecule has 120 valence electrons. The lowest BCUT2D eigenvalue weighted by Gasteiger charge is -2.22. The van der Waals surface area contributed by atoms with Gasteiger partial charge in [0, 0.05) is 19.5 Å². The van der Waals surface area contributed by atoms with Crippen molar-refractivity contribution in [2.24, 2.45) is 5.41 Å². The molecule has 1 aliphatic heterocycles. The molecule has 1 aromatic carbocycles. The minimum atomic E-state index is -0.830. The molecular weight excluding hydrogens is 282 g/mol. The number of nitrogens with zero attached hydrogens (tertiary/aromatic N) is 1. The number of aliphatic carboxylic acids is 1. The van der Waals surface area contributed by atoms with Gasteiger partial charge in [0.2, 0.25) is 5.91 Å². The summed E-state index contributed by atoms with van der Waals surface area (Å²) in [4.78, 5) is 25.3. The van der Waals surface area contributed by atoms with Crippen LogP contribution in [-0.2, 0) is 9.59 Å². The Labute approximate surface area is 130 Å². The van der Waals surface area contributed by atoms with Crippen LogP contribution in [0.5, 0.6) is 5.75 Å². The third-order valence-corrected chi connectivity index (χ3v) is 4.49. The number of carbonyl (C=O) groups excluding carboxylic acids is 1. The van der Waals surface area contributed by atoms with Crippen LogP contribution in [0, 0.1) is 5.41 Å². The van der Waals surface area contributed by atoms with Gasteiger partial charge in [-0.3, -0.25) is 9.59 Å². The normalized spacial score (nSPS) is 22.4. The van der Waals surface area contributed by atoms with E-state index in [0.29, 0.717) is 25.9 Å². The standard InChI is InChI=1S/C17H23NO4/c1-12(13-5-4-6-14(10-13)22-3)9-15(19)18-8-7-17(2,11-18)16(20)21/h4-6,10,12H,7-9,11H2,1-3H3,(H,20,21)/t12-,17+/m1/s1. The van der Waals surface area contributed by atoms with E-state index in [1.165, 1.54) is 0 Å². The molecule has 0 aromatic heterocycles. The fourth-order valence-corrected chi connectivity index (χ4v) is 2.81. The van der Waals surface area contributed by atoms with Crippen molar-refractivity contribution in [1.29, 1.82) is 0 Å². The fraction of sp³-hybridized carbons (Fsp3) is 0.529. The molecule has 1 aromatic rings. The van der Waals surface area contributed by atoms with Crippen molar-refractivity contribution in [2.75, 3.05) is 20.2 Å². The molecule has 2 rings (SSSR count). The van der Waals surface area contributed by atoms with Gasteiger partial charge >= 0.3 is 5.97 Å². The highest BCUT2D eigenvalue weighted by atomic mass is 16.5. The predicted molar refractivity (Wildman–Crippen MR) is 83.0 cm³/mol. The van der Waals surface area contributed by atoms with E-state index in [1.54, 1.807) is 18.9 Å². The zero-order valence-electron chi connectivity index (χ0n) is 13.3. The molecule has 22 heavy (non-hydrogen) atoms. The number of amides is 1. The Bertz CT molecular complexity index is 572. The van der Waals surface area contributed by atoms with Crippen molar-refractivity contribution < 1.29 is 19.4 Å². The lowest BCUT2D eigenvalue weighted by Crippen LogP contribution is -2.35. The summed E-state index contributed by atoms with van der Waals surface area (Å²) in [5.74, 6) is 0.0275. The van der Waals surface area contributed by atoms with E-state index in [2.05, 4.69) is 0 Å². The Balaban J connectivity index is 1.98. The second-order valence-electron chi connectivity index (χ2n) is 6.31. The zero-order chi connectivity index (χ0) is 16.3. The highest BCUT2D eigenvalue weighted by Crippen LogP contribution is 2.32. The summed E-state index contributed by atoms with van der Waals surface area (Å²) in [5.41, 5.74) is 0.238. The average Bonchev–Trinajstić information content (AvgIpc) is 2.91. The molecule has 1 heterocycles. The van der Waals surface area contributed by atoms with Crippen LogP contribution < -0.4 is 4.74 Å². The highest BCUT2D eigenvalue weighted by Gasteiger charge is 2.42. The zero-order valence-corrected chi connectivity index (χ0v) is 13.3. The van der Waals surface area contributed by atoms with Crippen molar-refractivity contribution in [3.8, 4) is 5.75 Å². The molecule has 0 bridgehead atoms. The highest BCUT2D eigenvalue weighted by molar-refractivity contribution is 5.81. The molecule has 0 aliphatic carbocycles. The number of benzene rings is 1. The summed E-state index contributed by atoms with van der Waals surface area (Å²) in [6, 6.07) is 7.69. The molecule has 2 atom stereocenters. The number of carboxylic acids is 1. The Kier molecular flexibility index (Phi) is 4.74. The summed E-state index contributed by atoms with van der Waals surface area (Å²) in [6.45, 7) is 4.52. The van der Waals surface area contributed by atoms with E-state index in [4.69, 9.17) is 4.74 Å². The number of rotatable bonds is 5. The van der Waals surface area contributed by atoms with Crippen LogP contribution in [-0.4, -0.2) is 42.1 Å². The van der Waals surface area contributed by atoms with Gasteiger partial charge in [-0.25, -0.2) is 0 Å². The topological polar surface area (TPSA) is 66.8 Å². The van der Waals surface area contributed by atoms with Crippen LogP contribution in [0.4, 0.5) is 0 Å². The van der Waals surface area contributed by atoms with Gasteiger partial charge in [-0.05, 0) is 37.0 Å². The van der Waals surface area contributed by atoms with Gasteiger partial charge in [0.1, 0.15) is 5.75 Å². The molecule has 0 unspecified atom stereocenters. The fourth-order valence-electron chi connectivity index (χ4n) is 2.81. The maximum atomic E-state index is 12.4. The Morgan fingerprint density at radius 1 is 1.45 bits per heavy atom. The number of hydrogen-bond donors (Lipinski definition) is 1. The number of carbonyl (C=O) groups is 2. The number of hydrogen-bond acceptors (Lipinski definition) is 3. The summed E-state index contributed by atoms with van der Waals surface area (Å²) >= 11 is 0. The minimum Gasteiger partial charge on any atom is -0.497 e. The van der Waals surface area contributed by atoms with E-state index in [1.807, 2.05) is 31.2 Å². The van der Waals surface area contributed by atoms with Crippen LogP contribution in [0.3, 0.4) is 0 Å². The molecule has 1 saturated heterocycles. The van der Waals surface area contributed by atoms with Gasteiger partial charge in [-0.1, -0.05) is 19.1 Å². The maximum absolute atomic E-state index is 12.4. The van der Waals surface area contributed by atoms with Crippen LogP contribution >= 0.6 is 0 Å². The van der Waals surface area contributed by atoms with Crippen molar-refractivity contribution in [3.63, 3.8) is 0 Å². The van der Waals surface area contributed by atoms with Crippen LogP contribution in [0.25, 0.3) is 0 Å². The maximum Gasteiger partial charge on any atom is 0.311 e. The number of carboxylic acid groups (broad SMARTS) is 1. The van der Waals surface area contributed by atoms with Crippen LogP contribution in [0.15, 0.2) is 24.3 Å². The van der Waals surface area contributed by atoms with Gasteiger partial charge < -0.3 is 14.7 Å². The molecule has 0 spiro atoms. The second-order valence-corrected chi connectivity index (χ2v) is 6.31. The molecule has 0 radical (unpaired) electrons. The molecule has 1 amide bonds. The predicted octanol–water partition coefficient (Wildman–Crippen LogP) is 2.51. The first-order valence-electron chi connectivity index (χ1n) is 7.51. The minimum absolute atomic E-state index is 0.0142. The average molecular weight is 305 g/mol. The Morgan fingerprint density at radius 3 is 2.77 bits per heavy atom. The smallest absolute Gasteiger partial charge is 0.311 e. The molecule has 1 aliphatic rings. The lowest BCUT2D eigenvalue weighted by atomic mass is 9.90. The van der Waals surface area contributed by atoms with E-state index in [0.717, 1.165) is 11.3 Å². The molecule has 5 heteroatoms. The van der Waals surface area contributed by atoms with Crippen molar-refractivity contribution in [2.45, 2.75) is 32.6 Å². The molecule has 0 saturated carbocycles. The monoisotopic (exact) mass is 305 g/mol. The summed E-state index contributed by atoms with van der Waals surface area (Å²) in [5, 5.41) is 9.24. The summed E-state index contributed by atoms with van der Waals surface area (Å²) in [7, 11) is 1.62. The van der Waals surface area contributed by atoms with Crippen LogP contribution in [0.1, 0.15) is 38.2 Å². The number of methoxy groups -OCH3 is 1. The van der Waals surface area contributed by atoms with Crippen molar-refractivity contribution in [1.82, 2.24) is 4.90 Å². The van der Waals surface area contributed by atoms with Gasteiger partial charge in [0.05, 0.1) is 12.5 Å². The first-order valence-corrected chi connectivity index (χ1v) is 7.51. The van der Waals surface area contributed by atoms with Crippen molar-refractivity contribution >= 4 is 11.9 Å². The van der Waals surface area contributed by atoms with Gasteiger partial charge in [-0.2, -0.15) is 0 Å². The largest absolute Gasteiger partial charge is 0.497 e. The molecule has 1 fully saturated rings. The van der Waals surface area contributed by atoms with E-state index >= 15 is 0 Å².